The molecule has 13 heavy (non-hydrogen) atoms. The van der Waals surface area contributed by atoms with E-state index in [-0.39, 0.29) is 6.04 Å². The molecular weight excluding hydrogens is 174 g/mol. The lowest BCUT2D eigenvalue weighted by Gasteiger charge is -2.36. The summed E-state index contributed by atoms with van der Waals surface area (Å²) in [6.45, 7) is 5.41. The van der Waals surface area contributed by atoms with Crippen molar-refractivity contribution in [3.63, 3.8) is 0 Å². The maximum atomic E-state index is 5.59. The smallest absolute Gasteiger partial charge is 0.324 e. The van der Waals surface area contributed by atoms with Gasteiger partial charge in [-0.15, -0.1) is 0 Å². The molecule has 1 fully saturated rings. The summed E-state index contributed by atoms with van der Waals surface area (Å²) in [5, 5.41) is 0. The maximum Gasteiger partial charge on any atom is 0.412 e. The van der Waals surface area contributed by atoms with Crippen LogP contribution in [0.1, 0.15) is 13.8 Å². The zero-order valence-electron chi connectivity index (χ0n) is 8.12. The van der Waals surface area contributed by atoms with Gasteiger partial charge in [-0.25, -0.2) is 0 Å². The van der Waals surface area contributed by atoms with E-state index < -0.39 is 6.16 Å². The van der Waals surface area contributed by atoms with E-state index in [4.69, 9.17) is 24.7 Å². The second-order valence-corrected chi connectivity index (χ2v) is 2.75. The molecule has 1 aliphatic heterocycles. The van der Waals surface area contributed by atoms with Gasteiger partial charge in [-0.05, 0) is 13.8 Å². The molecule has 0 spiro atoms. The molecule has 0 aromatic carbocycles. The third kappa shape index (κ3) is 2.89. The van der Waals surface area contributed by atoms with Crippen molar-refractivity contribution < 1.29 is 18.9 Å². The molecule has 5 nitrogen and oxygen atoms in total. The molecule has 0 amide bonds. The summed E-state index contributed by atoms with van der Waals surface area (Å²) in [6, 6.07) is -0.103. The van der Waals surface area contributed by atoms with Crippen LogP contribution in [0.3, 0.4) is 0 Å². The molecule has 1 aliphatic rings. The molecular formula is C8H17NO4. The Morgan fingerprint density at radius 1 is 1.23 bits per heavy atom. The SMILES string of the molecule is CCOC1(OCC)OCC(N)CO1. The summed E-state index contributed by atoms with van der Waals surface area (Å²) in [6.07, 6.45) is -1.32. The van der Waals surface area contributed by atoms with Crippen molar-refractivity contribution in [2.24, 2.45) is 5.73 Å². The van der Waals surface area contributed by atoms with Crippen molar-refractivity contribution in [1.29, 1.82) is 0 Å². The number of ether oxygens (including phenoxy) is 4. The minimum Gasteiger partial charge on any atom is -0.324 e. The van der Waals surface area contributed by atoms with E-state index in [0.29, 0.717) is 26.4 Å². The van der Waals surface area contributed by atoms with Gasteiger partial charge in [0.25, 0.3) is 0 Å². The third-order valence-electron chi connectivity index (χ3n) is 1.59. The van der Waals surface area contributed by atoms with Gasteiger partial charge in [0.1, 0.15) is 0 Å². The molecule has 0 aliphatic carbocycles. The van der Waals surface area contributed by atoms with Crippen LogP contribution in [0.5, 0.6) is 0 Å². The first-order valence-corrected chi connectivity index (χ1v) is 4.54. The molecule has 5 heteroatoms. The minimum absolute atomic E-state index is 0.103. The Morgan fingerprint density at radius 2 is 1.69 bits per heavy atom. The molecule has 0 radical (unpaired) electrons. The lowest BCUT2D eigenvalue weighted by Crippen LogP contribution is -2.52. The second-order valence-electron chi connectivity index (χ2n) is 2.75. The van der Waals surface area contributed by atoms with Crippen molar-refractivity contribution in [1.82, 2.24) is 0 Å². The molecule has 0 aromatic heterocycles. The molecule has 1 rings (SSSR count). The van der Waals surface area contributed by atoms with E-state index in [1.807, 2.05) is 13.8 Å². The van der Waals surface area contributed by atoms with E-state index >= 15 is 0 Å². The van der Waals surface area contributed by atoms with E-state index in [0.717, 1.165) is 0 Å². The van der Waals surface area contributed by atoms with Crippen LogP contribution in [0, 0.1) is 0 Å². The lowest BCUT2D eigenvalue weighted by molar-refractivity contribution is -0.512. The summed E-state index contributed by atoms with van der Waals surface area (Å²) in [7, 11) is 0. The molecule has 0 saturated carbocycles. The average Bonchev–Trinajstić information content (AvgIpc) is 2.11. The Labute approximate surface area is 78.1 Å². The fourth-order valence-corrected chi connectivity index (χ4v) is 1.07. The van der Waals surface area contributed by atoms with Crippen LogP contribution >= 0.6 is 0 Å². The van der Waals surface area contributed by atoms with Gasteiger partial charge in [0.05, 0.1) is 32.5 Å². The third-order valence-corrected chi connectivity index (χ3v) is 1.59. The number of hydrogen-bond acceptors (Lipinski definition) is 5. The van der Waals surface area contributed by atoms with Crippen LogP contribution in [0.2, 0.25) is 0 Å². The van der Waals surface area contributed by atoms with Crippen molar-refractivity contribution in [3.05, 3.63) is 0 Å². The van der Waals surface area contributed by atoms with Gasteiger partial charge in [-0.2, -0.15) is 0 Å². The molecule has 1 saturated heterocycles. The topological polar surface area (TPSA) is 62.9 Å². The van der Waals surface area contributed by atoms with Gasteiger partial charge in [0.2, 0.25) is 0 Å². The monoisotopic (exact) mass is 191 g/mol. The van der Waals surface area contributed by atoms with Gasteiger partial charge in [0.15, 0.2) is 0 Å². The van der Waals surface area contributed by atoms with Crippen LogP contribution in [-0.2, 0) is 18.9 Å². The molecule has 2 N–H and O–H groups in total. The van der Waals surface area contributed by atoms with Crippen LogP contribution in [-0.4, -0.2) is 38.6 Å². The Kier molecular flexibility index (Phi) is 4.08. The first-order valence-electron chi connectivity index (χ1n) is 4.54. The quantitative estimate of drug-likeness (QED) is 0.636. The molecule has 1 heterocycles. The van der Waals surface area contributed by atoms with Crippen molar-refractivity contribution in [3.8, 4) is 0 Å². The zero-order chi connectivity index (χ0) is 9.73. The second kappa shape index (κ2) is 4.88. The highest BCUT2D eigenvalue weighted by Gasteiger charge is 2.39. The van der Waals surface area contributed by atoms with Crippen molar-refractivity contribution >= 4 is 0 Å². The molecule has 78 valence electrons. The minimum atomic E-state index is -1.32. The molecule has 0 atom stereocenters. The Morgan fingerprint density at radius 3 is 2.08 bits per heavy atom. The zero-order valence-corrected chi connectivity index (χ0v) is 8.12. The van der Waals surface area contributed by atoms with E-state index in [2.05, 4.69) is 0 Å². The molecule has 0 unspecified atom stereocenters. The van der Waals surface area contributed by atoms with Crippen LogP contribution in [0.4, 0.5) is 0 Å². The van der Waals surface area contributed by atoms with E-state index in [1.54, 1.807) is 0 Å². The summed E-state index contributed by atoms with van der Waals surface area (Å²) >= 11 is 0. The first kappa shape index (κ1) is 10.9. The van der Waals surface area contributed by atoms with Gasteiger partial charge in [0, 0.05) is 0 Å². The van der Waals surface area contributed by atoms with Crippen LogP contribution in [0.15, 0.2) is 0 Å². The number of nitrogens with two attached hydrogens (primary N) is 1. The Bertz CT molecular complexity index is 137. The van der Waals surface area contributed by atoms with Gasteiger partial charge >= 0.3 is 6.16 Å². The van der Waals surface area contributed by atoms with E-state index in [1.165, 1.54) is 0 Å². The van der Waals surface area contributed by atoms with Crippen LogP contribution < -0.4 is 5.73 Å². The van der Waals surface area contributed by atoms with Crippen molar-refractivity contribution in [2.75, 3.05) is 26.4 Å². The summed E-state index contributed by atoms with van der Waals surface area (Å²) in [5.74, 6) is 0. The Balaban J connectivity index is 2.47. The average molecular weight is 191 g/mol. The first-order chi connectivity index (χ1) is 6.22. The predicted molar refractivity (Wildman–Crippen MR) is 45.9 cm³/mol. The standard InChI is InChI=1S/C8H17NO4/c1-3-10-8(11-4-2)12-5-7(9)6-13-8/h7H,3-6,9H2,1-2H3. The largest absolute Gasteiger partial charge is 0.412 e. The maximum absolute atomic E-state index is 5.59. The summed E-state index contributed by atoms with van der Waals surface area (Å²) in [5.41, 5.74) is 5.59. The van der Waals surface area contributed by atoms with Gasteiger partial charge in [-0.1, -0.05) is 0 Å². The fourth-order valence-electron chi connectivity index (χ4n) is 1.07. The molecule has 0 aromatic rings. The summed E-state index contributed by atoms with van der Waals surface area (Å²) in [4.78, 5) is 0. The predicted octanol–water partition coefficient (Wildman–Crippen LogP) is 0.0448. The highest BCUT2D eigenvalue weighted by atomic mass is 17.0. The normalized spacial score (nSPS) is 23.3. The van der Waals surface area contributed by atoms with Crippen molar-refractivity contribution in [2.45, 2.75) is 26.0 Å². The highest BCUT2D eigenvalue weighted by Crippen LogP contribution is 2.21. The van der Waals surface area contributed by atoms with Gasteiger partial charge in [-0.3, -0.25) is 0 Å². The van der Waals surface area contributed by atoms with Crippen LogP contribution in [0.25, 0.3) is 0 Å². The number of rotatable bonds is 4. The number of hydrogen-bond donors (Lipinski definition) is 1. The highest BCUT2D eigenvalue weighted by molar-refractivity contribution is 4.64. The lowest BCUT2D eigenvalue weighted by atomic mass is 10.3. The van der Waals surface area contributed by atoms with E-state index in [9.17, 15) is 0 Å². The van der Waals surface area contributed by atoms with Gasteiger partial charge < -0.3 is 24.7 Å². The Hall–Kier alpha value is -0.200. The fraction of sp³-hybridized carbons (Fsp3) is 1.00. The summed E-state index contributed by atoms with van der Waals surface area (Å²) < 4.78 is 21.0. The molecule has 0 bridgehead atoms.